The molecule has 35 heavy (non-hydrogen) atoms. The number of methoxy groups -OCH3 is 3. The second-order valence-corrected chi connectivity index (χ2v) is 8.32. The van der Waals surface area contributed by atoms with Crippen LogP contribution in [0.4, 0.5) is 0 Å². The lowest BCUT2D eigenvalue weighted by molar-refractivity contribution is 0.0362. The zero-order valence-corrected chi connectivity index (χ0v) is 20.4. The van der Waals surface area contributed by atoms with E-state index in [9.17, 15) is 10.1 Å². The predicted octanol–water partition coefficient (Wildman–Crippen LogP) is 1.73. The molecule has 1 aromatic heterocycles. The maximum atomic E-state index is 13.9. The highest BCUT2D eigenvalue weighted by Crippen LogP contribution is 2.48. The van der Waals surface area contributed by atoms with Gasteiger partial charge in [0.2, 0.25) is 11.6 Å². The van der Waals surface area contributed by atoms with Crippen molar-refractivity contribution in [3.8, 4) is 29.1 Å². The van der Waals surface area contributed by atoms with E-state index in [1.165, 1.54) is 21.3 Å². The minimum Gasteiger partial charge on any atom is -0.493 e. The van der Waals surface area contributed by atoms with Crippen LogP contribution in [0.15, 0.2) is 34.4 Å². The number of nitrogens with zero attached hydrogens (tertiary/aromatic N) is 3. The molecule has 0 bridgehead atoms. The number of hydrogen-bond acceptors (Lipinski definition) is 9. The summed E-state index contributed by atoms with van der Waals surface area (Å²) in [6.07, 6.45) is 0. The standard InChI is InChI=1S/C25H30N4O6/c1-15-13-19-21(25(30)29(15)8-7-28-9-11-34-12-10-28)20(17(14-26)24(27)35-19)16-5-6-18(31-2)23(33-4)22(16)32-3/h5-6,13,20H,7-12,27H2,1-4H3. The summed E-state index contributed by atoms with van der Waals surface area (Å²) in [6.45, 7) is 6.07. The lowest BCUT2D eigenvalue weighted by Gasteiger charge is -2.30. The Bertz CT molecular complexity index is 1240. The quantitative estimate of drug-likeness (QED) is 0.629. The smallest absolute Gasteiger partial charge is 0.258 e. The largest absolute Gasteiger partial charge is 0.493 e. The van der Waals surface area contributed by atoms with Gasteiger partial charge in [0.1, 0.15) is 17.4 Å². The van der Waals surface area contributed by atoms with Gasteiger partial charge in [-0.2, -0.15) is 5.26 Å². The lowest BCUT2D eigenvalue weighted by atomic mass is 9.83. The van der Waals surface area contributed by atoms with Gasteiger partial charge in [0.25, 0.3) is 5.56 Å². The maximum absolute atomic E-state index is 13.9. The topological polar surface area (TPSA) is 121 Å². The van der Waals surface area contributed by atoms with Crippen molar-refractivity contribution in [2.45, 2.75) is 19.4 Å². The summed E-state index contributed by atoms with van der Waals surface area (Å²) in [5.41, 5.74) is 7.67. The van der Waals surface area contributed by atoms with Gasteiger partial charge in [0.05, 0.1) is 46.0 Å². The zero-order valence-electron chi connectivity index (χ0n) is 20.4. The SMILES string of the molecule is COc1ccc(C2C(C#N)=C(N)Oc3cc(C)n(CCN4CCOCC4)c(=O)c32)c(OC)c1OC. The van der Waals surface area contributed by atoms with Crippen LogP contribution in [0.1, 0.15) is 22.7 Å². The highest BCUT2D eigenvalue weighted by atomic mass is 16.5. The third-order valence-electron chi connectivity index (χ3n) is 6.48. The molecular weight excluding hydrogens is 452 g/mol. The van der Waals surface area contributed by atoms with E-state index in [1.807, 2.05) is 6.92 Å². The number of hydrogen-bond donors (Lipinski definition) is 1. The normalized spacial score (nSPS) is 17.9. The van der Waals surface area contributed by atoms with E-state index in [2.05, 4.69) is 11.0 Å². The number of aromatic nitrogens is 1. The summed E-state index contributed by atoms with van der Waals surface area (Å²) in [5.74, 6) is 0.644. The van der Waals surface area contributed by atoms with E-state index < -0.39 is 5.92 Å². The van der Waals surface area contributed by atoms with Crippen molar-refractivity contribution in [2.24, 2.45) is 5.73 Å². The van der Waals surface area contributed by atoms with Gasteiger partial charge in [-0.15, -0.1) is 0 Å². The molecule has 4 rings (SSSR count). The number of morpholine rings is 1. The monoisotopic (exact) mass is 482 g/mol. The summed E-state index contributed by atoms with van der Waals surface area (Å²) < 4.78 is 29.5. The van der Waals surface area contributed by atoms with Crippen molar-refractivity contribution in [1.29, 1.82) is 5.26 Å². The highest BCUT2D eigenvalue weighted by Gasteiger charge is 2.37. The van der Waals surface area contributed by atoms with Gasteiger partial charge in [-0.25, -0.2) is 0 Å². The van der Waals surface area contributed by atoms with Crippen LogP contribution in [-0.4, -0.2) is 63.6 Å². The average molecular weight is 483 g/mol. The van der Waals surface area contributed by atoms with E-state index in [0.29, 0.717) is 60.4 Å². The van der Waals surface area contributed by atoms with Crippen molar-refractivity contribution < 1.29 is 23.7 Å². The molecule has 10 nitrogen and oxygen atoms in total. The van der Waals surface area contributed by atoms with Crippen molar-refractivity contribution in [1.82, 2.24) is 9.47 Å². The van der Waals surface area contributed by atoms with E-state index in [-0.39, 0.29) is 17.0 Å². The Kier molecular flexibility index (Phi) is 7.19. The molecule has 0 saturated carbocycles. The number of nitriles is 1. The van der Waals surface area contributed by atoms with Crippen LogP contribution in [0, 0.1) is 18.3 Å². The molecular formula is C25H30N4O6. The number of pyridine rings is 1. The molecule has 1 unspecified atom stereocenters. The number of fused-ring (bicyclic) bond motifs is 1. The molecule has 0 spiro atoms. The molecule has 0 amide bonds. The molecule has 1 fully saturated rings. The molecule has 2 aliphatic rings. The number of ether oxygens (including phenoxy) is 5. The molecule has 3 heterocycles. The predicted molar refractivity (Wildman–Crippen MR) is 128 cm³/mol. The van der Waals surface area contributed by atoms with E-state index in [1.54, 1.807) is 22.8 Å². The molecule has 2 aromatic rings. The van der Waals surface area contributed by atoms with Crippen LogP contribution in [0.3, 0.4) is 0 Å². The van der Waals surface area contributed by atoms with Crippen LogP contribution in [0.25, 0.3) is 0 Å². The summed E-state index contributed by atoms with van der Waals surface area (Å²) >= 11 is 0. The Morgan fingerprint density at radius 1 is 1.11 bits per heavy atom. The number of aryl methyl sites for hydroxylation is 1. The maximum Gasteiger partial charge on any atom is 0.258 e. The van der Waals surface area contributed by atoms with Gasteiger partial charge in [-0.1, -0.05) is 6.07 Å². The number of benzene rings is 1. The first-order valence-electron chi connectivity index (χ1n) is 11.4. The number of nitrogens with two attached hydrogens (primary N) is 1. The Morgan fingerprint density at radius 3 is 2.46 bits per heavy atom. The van der Waals surface area contributed by atoms with E-state index in [4.69, 9.17) is 29.4 Å². The van der Waals surface area contributed by atoms with Gasteiger partial charge in [0.15, 0.2) is 11.5 Å². The summed E-state index contributed by atoms with van der Waals surface area (Å²) in [6, 6.07) is 7.39. The van der Waals surface area contributed by atoms with Crippen molar-refractivity contribution in [2.75, 3.05) is 54.2 Å². The highest BCUT2D eigenvalue weighted by molar-refractivity contribution is 5.64. The van der Waals surface area contributed by atoms with E-state index >= 15 is 0 Å². The van der Waals surface area contributed by atoms with Crippen LogP contribution in [-0.2, 0) is 11.3 Å². The molecule has 2 aliphatic heterocycles. The summed E-state index contributed by atoms with van der Waals surface area (Å²) in [5, 5.41) is 10.0. The molecule has 1 atom stereocenters. The second kappa shape index (κ2) is 10.3. The van der Waals surface area contributed by atoms with Crippen LogP contribution in [0.2, 0.25) is 0 Å². The minimum absolute atomic E-state index is 0.0493. The fraction of sp³-hybridized carbons (Fsp3) is 0.440. The number of rotatable bonds is 7. The Balaban J connectivity index is 1.87. The summed E-state index contributed by atoms with van der Waals surface area (Å²) in [4.78, 5) is 16.2. The second-order valence-electron chi connectivity index (χ2n) is 8.32. The minimum atomic E-state index is -0.804. The van der Waals surface area contributed by atoms with Crippen molar-refractivity contribution >= 4 is 0 Å². The van der Waals surface area contributed by atoms with Crippen LogP contribution >= 0.6 is 0 Å². The van der Waals surface area contributed by atoms with E-state index in [0.717, 1.165) is 18.8 Å². The first-order valence-corrected chi connectivity index (χ1v) is 11.4. The van der Waals surface area contributed by atoms with Gasteiger partial charge >= 0.3 is 0 Å². The first-order chi connectivity index (χ1) is 16.9. The van der Waals surface area contributed by atoms with Crippen LogP contribution < -0.4 is 30.2 Å². The third kappa shape index (κ3) is 4.40. The number of allylic oxidation sites excluding steroid dienone is 1. The average Bonchev–Trinajstić information content (AvgIpc) is 2.87. The fourth-order valence-electron chi connectivity index (χ4n) is 4.69. The molecule has 2 N–H and O–H groups in total. The first kappa shape index (κ1) is 24.4. The Morgan fingerprint density at radius 2 is 1.83 bits per heavy atom. The molecule has 0 radical (unpaired) electrons. The summed E-state index contributed by atoms with van der Waals surface area (Å²) in [7, 11) is 4.52. The third-order valence-corrected chi connectivity index (χ3v) is 6.48. The molecule has 0 aliphatic carbocycles. The lowest BCUT2D eigenvalue weighted by Crippen LogP contribution is -2.40. The molecule has 186 valence electrons. The molecule has 10 heteroatoms. The fourth-order valence-corrected chi connectivity index (χ4v) is 4.69. The van der Waals surface area contributed by atoms with Gasteiger partial charge in [-0.3, -0.25) is 9.69 Å². The van der Waals surface area contributed by atoms with Crippen molar-refractivity contribution in [3.63, 3.8) is 0 Å². The van der Waals surface area contributed by atoms with Gasteiger partial charge in [0, 0.05) is 43.5 Å². The zero-order chi connectivity index (χ0) is 25.1. The van der Waals surface area contributed by atoms with Gasteiger partial charge < -0.3 is 34.0 Å². The Labute approximate surface area is 204 Å². The molecule has 1 aromatic carbocycles. The van der Waals surface area contributed by atoms with Crippen molar-refractivity contribution in [3.05, 3.63) is 56.8 Å². The van der Waals surface area contributed by atoms with Crippen LogP contribution in [0.5, 0.6) is 23.0 Å². The Hall–Kier alpha value is -3.68. The molecule has 1 saturated heterocycles. The van der Waals surface area contributed by atoms with Gasteiger partial charge in [-0.05, 0) is 13.0 Å².